The highest BCUT2D eigenvalue weighted by Gasteiger charge is 2.25. The summed E-state index contributed by atoms with van der Waals surface area (Å²) in [4.78, 5) is 0. The van der Waals surface area contributed by atoms with Gasteiger partial charge in [-0.05, 0) is 55.4 Å². The van der Waals surface area contributed by atoms with Gasteiger partial charge in [0.25, 0.3) is 0 Å². The first kappa shape index (κ1) is 15.6. The van der Waals surface area contributed by atoms with Gasteiger partial charge in [-0.1, -0.05) is 69.9 Å². The van der Waals surface area contributed by atoms with Crippen molar-refractivity contribution >= 4 is 0 Å². The van der Waals surface area contributed by atoms with E-state index in [4.69, 9.17) is 0 Å². The average molecular weight is 272 g/mol. The van der Waals surface area contributed by atoms with E-state index in [2.05, 4.69) is 44.2 Å². The molecule has 1 atom stereocenters. The van der Waals surface area contributed by atoms with Gasteiger partial charge in [0, 0.05) is 0 Å². The zero-order valence-electron chi connectivity index (χ0n) is 13.5. The van der Waals surface area contributed by atoms with E-state index >= 15 is 0 Å². The van der Waals surface area contributed by atoms with E-state index in [1.165, 1.54) is 63.4 Å². The van der Waals surface area contributed by atoms with Crippen LogP contribution in [0.2, 0.25) is 0 Å². The van der Waals surface area contributed by atoms with Crippen LogP contribution in [0, 0.1) is 17.8 Å². The van der Waals surface area contributed by atoms with Crippen LogP contribution in [0.15, 0.2) is 30.3 Å². The summed E-state index contributed by atoms with van der Waals surface area (Å²) in [6.45, 7) is 4.79. The molecule has 0 aliphatic heterocycles. The zero-order valence-corrected chi connectivity index (χ0v) is 13.5. The quantitative estimate of drug-likeness (QED) is 0.550. The minimum atomic E-state index is 0.984. The maximum Gasteiger partial charge on any atom is -0.0279 e. The van der Waals surface area contributed by atoms with E-state index in [1.54, 1.807) is 0 Å². The predicted octanol–water partition coefficient (Wildman–Crippen LogP) is 6.25. The molecule has 1 aliphatic carbocycles. The fraction of sp³-hybridized carbons (Fsp3) is 0.700. The molecule has 0 nitrogen and oxygen atoms in total. The Kier molecular flexibility index (Phi) is 6.63. The monoisotopic (exact) mass is 272 g/mol. The number of hydrogen-bond donors (Lipinski definition) is 0. The maximum atomic E-state index is 2.43. The lowest BCUT2D eigenvalue weighted by Crippen LogP contribution is -2.21. The molecule has 0 aromatic heterocycles. The fourth-order valence-electron chi connectivity index (χ4n) is 3.96. The summed E-state index contributed by atoms with van der Waals surface area (Å²) in [6.07, 6.45) is 12.9. The first-order valence-corrected chi connectivity index (χ1v) is 8.83. The summed E-state index contributed by atoms with van der Waals surface area (Å²) in [7, 11) is 0. The molecule has 0 amide bonds. The van der Waals surface area contributed by atoms with Crippen LogP contribution < -0.4 is 0 Å². The third-order valence-electron chi connectivity index (χ3n) is 5.27. The van der Waals surface area contributed by atoms with Crippen LogP contribution in [0.5, 0.6) is 0 Å². The lowest BCUT2D eigenvalue weighted by molar-refractivity contribution is 0.191. The molecule has 1 fully saturated rings. The van der Waals surface area contributed by atoms with Crippen LogP contribution >= 0.6 is 0 Å². The molecule has 112 valence electrons. The van der Waals surface area contributed by atoms with Gasteiger partial charge >= 0.3 is 0 Å². The van der Waals surface area contributed by atoms with Crippen molar-refractivity contribution in [3.05, 3.63) is 35.9 Å². The SMILES string of the molecule is CCCC(CCCc1ccccc1)C1CCC(C)CC1. The van der Waals surface area contributed by atoms with Gasteiger partial charge in [-0.3, -0.25) is 0 Å². The van der Waals surface area contributed by atoms with Crippen molar-refractivity contribution in [1.82, 2.24) is 0 Å². The Morgan fingerprint density at radius 2 is 1.70 bits per heavy atom. The van der Waals surface area contributed by atoms with Crippen molar-refractivity contribution in [3.63, 3.8) is 0 Å². The molecule has 0 bridgehead atoms. The first-order valence-electron chi connectivity index (χ1n) is 8.83. The van der Waals surface area contributed by atoms with E-state index in [-0.39, 0.29) is 0 Å². The van der Waals surface area contributed by atoms with Gasteiger partial charge in [0.15, 0.2) is 0 Å². The standard InChI is InChI=1S/C20H32/c1-3-8-19(20-15-13-17(2)14-16-20)12-7-11-18-9-5-4-6-10-18/h4-6,9-10,17,19-20H,3,7-8,11-16H2,1-2H3. The van der Waals surface area contributed by atoms with Crippen molar-refractivity contribution in [2.75, 3.05) is 0 Å². The molecule has 1 unspecified atom stereocenters. The van der Waals surface area contributed by atoms with E-state index in [1.807, 2.05) is 0 Å². The third kappa shape index (κ3) is 4.96. The largest absolute Gasteiger partial charge is 0.0654 e. The highest BCUT2D eigenvalue weighted by atomic mass is 14.3. The average Bonchev–Trinajstić information content (AvgIpc) is 2.48. The smallest absolute Gasteiger partial charge is 0.0279 e. The summed E-state index contributed by atoms with van der Waals surface area (Å²) < 4.78 is 0. The van der Waals surface area contributed by atoms with Gasteiger partial charge in [0.2, 0.25) is 0 Å². The summed E-state index contributed by atoms with van der Waals surface area (Å²) in [6, 6.07) is 11.0. The van der Waals surface area contributed by atoms with Crippen molar-refractivity contribution in [3.8, 4) is 0 Å². The molecule has 1 saturated carbocycles. The van der Waals surface area contributed by atoms with Crippen molar-refractivity contribution in [2.24, 2.45) is 17.8 Å². The van der Waals surface area contributed by atoms with Gasteiger partial charge in [0.1, 0.15) is 0 Å². The topological polar surface area (TPSA) is 0 Å². The van der Waals surface area contributed by atoms with Gasteiger partial charge < -0.3 is 0 Å². The Balaban J connectivity index is 1.77. The van der Waals surface area contributed by atoms with Crippen LogP contribution in [-0.2, 0) is 6.42 Å². The molecular weight excluding hydrogens is 240 g/mol. The fourth-order valence-corrected chi connectivity index (χ4v) is 3.96. The first-order chi connectivity index (χ1) is 9.79. The Hall–Kier alpha value is -0.780. The van der Waals surface area contributed by atoms with Crippen LogP contribution in [0.25, 0.3) is 0 Å². The maximum absolute atomic E-state index is 2.43. The normalized spacial score (nSPS) is 24.5. The van der Waals surface area contributed by atoms with Crippen molar-refractivity contribution < 1.29 is 0 Å². The molecule has 0 saturated heterocycles. The van der Waals surface area contributed by atoms with Crippen LogP contribution in [0.4, 0.5) is 0 Å². The molecule has 1 aromatic rings. The lowest BCUT2D eigenvalue weighted by Gasteiger charge is -2.33. The molecule has 0 spiro atoms. The van der Waals surface area contributed by atoms with Crippen LogP contribution in [0.3, 0.4) is 0 Å². The highest BCUT2D eigenvalue weighted by molar-refractivity contribution is 5.14. The Labute approximate surface area is 126 Å². The number of benzene rings is 1. The van der Waals surface area contributed by atoms with E-state index in [0.29, 0.717) is 0 Å². The molecule has 0 radical (unpaired) electrons. The molecule has 0 heteroatoms. The molecule has 1 aliphatic rings. The lowest BCUT2D eigenvalue weighted by atomic mass is 9.73. The van der Waals surface area contributed by atoms with Gasteiger partial charge in [-0.2, -0.15) is 0 Å². The number of rotatable bonds is 7. The molecule has 0 heterocycles. The van der Waals surface area contributed by atoms with E-state index in [9.17, 15) is 0 Å². The summed E-state index contributed by atoms with van der Waals surface area (Å²) in [5.41, 5.74) is 1.51. The summed E-state index contributed by atoms with van der Waals surface area (Å²) in [5.74, 6) is 3.01. The second-order valence-electron chi connectivity index (χ2n) is 6.95. The minimum absolute atomic E-state index is 0.984. The van der Waals surface area contributed by atoms with Crippen molar-refractivity contribution in [2.45, 2.75) is 71.6 Å². The predicted molar refractivity (Wildman–Crippen MR) is 88.9 cm³/mol. The van der Waals surface area contributed by atoms with Crippen molar-refractivity contribution in [1.29, 1.82) is 0 Å². The van der Waals surface area contributed by atoms with E-state index < -0.39 is 0 Å². The second-order valence-corrected chi connectivity index (χ2v) is 6.95. The molecule has 1 aromatic carbocycles. The van der Waals surface area contributed by atoms with Crippen LogP contribution in [0.1, 0.15) is 70.8 Å². The summed E-state index contributed by atoms with van der Waals surface area (Å²) >= 11 is 0. The Morgan fingerprint density at radius 1 is 1.00 bits per heavy atom. The van der Waals surface area contributed by atoms with Crippen LogP contribution in [-0.4, -0.2) is 0 Å². The molecule has 20 heavy (non-hydrogen) atoms. The Morgan fingerprint density at radius 3 is 2.35 bits per heavy atom. The van der Waals surface area contributed by atoms with E-state index in [0.717, 1.165) is 17.8 Å². The minimum Gasteiger partial charge on any atom is -0.0654 e. The Bertz CT molecular complexity index is 346. The van der Waals surface area contributed by atoms with Gasteiger partial charge in [-0.25, -0.2) is 0 Å². The summed E-state index contributed by atoms with van der Waals surface area (Å²) in [5, 5.41) is 0. The van der Waals surface area contributed by atoms with Gasteiger partial charge in [0.05, 0.1) is 0 Å². The highest BCUT2D eigenvalue weighted by Crippen LogP contribution is 2.37. The number of hydrogen-bond acceptors (Lipinski definition) is 0. The van der Waals surface area contributed by atoms with Gasteiger partial charge in [-0.15, -0.1) is 0 Å². The molecule has 2 rings (SSSR count). The molecular formula is C20H32. The number of aryl methyl sites for hydroxylation is 1. The zero-order chi connectivity index (χ0) is 14.2. The molecule has 0 N–H and O–H groups in total. The second kappa shape index (κ2) is 8.49. The third-order valence-corrected chi connectivity index (χ3v) is 5.27.